The van der Waals surface area contributed by atoms with E-state index in [1.807, 2.05) is 45.0 Å². The monoisotopic (exact) mass is 553 g/mol. The second-order valence-electron chi connectivity index (χ2n) is 9.03. The van der Waals surface area contributed by atoms with Gasteiger partial charge in [0.05, 0.1) is 29.5 Å². The van der Waals surface area contributed by atoms with Gasteiger partial charge in [-0.05, 0) is 69.2 Å². The number of nitrogens with zero attached hydrogens (tertiary/aromatic N) is 2. The van der Waals surface area contributed by atoms with Crippen molar-refractivity contribution >= 4 is 61.5 Å². The van der Waals surface area contributed by atoms with Crippen LogP contribution in [0.5, 0.6) is 0 Å². The molecule has 0 saturated heterocycles. The summed E-state index contributed by atoms with van der Waals surface area (Å²) in [7, 11) is 1.32. The maximum Gasteiger partial charge on any atom is 0.341 e. The largest absolute Gasteiger partial charge is 0.465 e. The average molecular weight is 554 g/mol. The Labute approximate surface area is 226 Å². The molecule has 0 aliphatic heterocycles. The minimum Gasteiger partial charge on any atom is -0.465 e. The molecule has 0 saturated carbocycles. The molecule has 0 unspecified atom stereocenters. The summed E-state index contributed by atoms with van der Waals surface area (Å²) in [4.78, 5) is 47.1. The predicted molar refractivity (Wildman–Crippen MR) is 151 cm³/mol. The van der Waals surface area contributed by atoms with Crippen molar-refractivity contribution in [3.63, 3.8) is 0 Å². The Morgan fingerprint density at radius 1 is 1.14 bits per heavy atom. The fourth-order valence-electron chi connectivity index (χ4n) is 4.67. The lowest BCUT2D eigenvalue weighted by atomic mass is 9.97. The van der Waals surface area contributed by atoms with E-state index < -0.39 is 5.97 Å². The van der Waals surface area contributed by atoms with Gasteiger partial charge in [0.15, 0.2) is 5.16 Å². The van der Waals surface area contributed by atoms with Crippen molar-refractivity contribution in [3.05, 3.63) is 66.6 Å². The third-order valence-electron chi connectivity index (χ3n) is 6.67. The summed E-state index contributed by atoms with van der Waals surface area (Å²) in [6.07, 6.45) is 4.08. The standard InChI is InChI=1S/C27H27N3O4S3/c1-14-9-5-7-11-18(14)30-25(32)22-17-10-6-8-12-19(17)37-24(22)29-27(30)35-13-20(31)28-23-21(26(33)34-4)15(2)16(3)36-23/h5,7,9,11H,6,8,10,12-13H2,1-4H3,(H,28,31). The molecule has 1 aliphatic carbocycles. The molecule has 1 aliphatic rings. The number of aromatic nitrogens is 2. The van der Waals surface area contributed by atoms with Crippen molar-refractivity contribution in [2.75, 3.05) is 18.2 Å². The molecule has 0 atom stereocenters. The Morgan fingerprint density at radius 2 is 1.89 bits per heavy atom. The quantitative estimate of drug-likeness (QED) is 0.184. The Kier molecular flexibility index (Phi) is 7.24. The molecule has 0 radical (unpaired) electrons. The molecule has 1 aromatic carbocycles. The molecule has 0 fully saturated rings. The van der Waals surface area contributed by atoms with Crippen LogP contribution in [0.15, 0.2) is 34.2 Å². The summed E-state index contributed by atoms with van der Waals surface area (Å²) >= 11 is 4.16. The first-order chi connectivity index (χ1) is 17.8. The fourth-order valence-corrected chi connectivity index (χ4v) is 7.84. The first kappa shape index (κ1) is 25.7. The molecular formula is C27H27N3O4S3. The SMILES string of the molecule is COC(=O)c1c(NC(=O)CSc2nc3sc4c(c3c(=O)n2-c2ccccc2C)CCCC4)sc(C)c1C. The number of amides is 1. The highest BCUT2D eigenvalue weighted by atomic mass is 32.2. The van der Waals surface area contributed by atoms with Crippen LogP contribution in [0, 0.1) is 20.8 Å². The number of rotatable bonds is 6. The van der Waals surface area contributed by atoms with E-state index in [0.29, 0.717) is 21.1 Å². The Hall–Kier alpha value is -2.95. The lowest BCUT2D eigenvalue weighted by molar-refractivity contribution is -0.113. The second-order valence-corrected chi connectivity index (χ2v) is 12.3. The van der Waals surface area contributed by atoms with Crippen LogP contribution in [0.3, 0.4) is 0 Å². The minimum absolute atomic E-state index is 0.0333. The summed E-state index contributed by atoms with van der Waals surface area (Å²) in [5, 5.41) is 4.53. The number of hydrogen-bond acceptors (Lipinski definition) is 8. The maximum atomic E-state index is 13.9. The third-order valence-corrected chi connectivity index (χ3v) is 9.92. The van der Waals surface area contributed by atoms with Crippen molar-refractivity contribution in [1.29, 1.82) is 0 Å². The number of aryl methyl sites for hydroxylation is 4. The summed E-state index contributed by atoms with van der Waals surface area (Å²) in [6.45, 7) is 5.70. The molecule has 5 rings (SSSR count). The van der Waals surface area contributed by atoms with Crippen LogP contribution >= 0.6 is 34.4 Å². The van der Waals surface area contributed by atoms with E-state index in [-0.39, 0.29) is 17.2 Å². The van der Waals surface area contributed by atoms with Gasteiger partial charge in [0, 0.05) is 9.75 Å². The Bertz CT molecular complexity index is 1600. The molecule has 10 heteroatoms. The lowest BCUT2D eigenvalue weighted by Gasteiger charge is -2.15. The van der Waals surface area contributed by atoms with E-state index in [1.165, 1.54) is 35.1 Å². The molecule has 1 N–H and O–H groups in total. The van der Waals surface area contributed by atoms with Crippen molar-refractivity contribution in [2.45, 2.75) is 51.6 Å². The second kappa shape index (κ2) is 10.4. The van der Waals surface area contributed by atoms with Gasteiger partial charge in [-0.2, -0.15) is 0 Å². The van der Waals surface area contributed by atoms with E-state index >= 15 is 0 Å². The van der Waals surface area contributed by atoms with E-state index in [0.717, 1.165) is 57.8 Å². The van der Waals surface area contributed by atoms with Gasteiger partial charge in [-0.15, -0.1) is 22.7 Å². The van der Waals surface area contributed by atoms with Gasteiger partial charge >= 0.3 is 5.97 Å². The number of hydrogen-bond donors (Lipinski definition) is 1. The number of nitrogens with one attached hydrogen (secondary N) is 1. The molecule has 0 bridgehead atoms. The molecule has 3 aromatic heterocycles. The van der Waals surface area contributed by atoms with Gasteiger partial charge in [-0.3, -0.25) is 14.2 Å². The van der Waals surface area contributed by atoms with Gasteiger partial charge < -0.3 is 10.1 Å². The molecule has 192 valence electrons. The van der Waals surface area contributed by atoms with E-state index in [4.69, 9.17) is 9.72 Å². The van der Waals surface area contributed by atoms with Crippen molar-refractivity contribution in [3.8, 4) is 5.69 Å². The van der Waals surface area contributed by atoms with Gasteiger partial charge in [-0.25, -0.2) is 9.78 Å². The highest BCUT2D eigenvalue weighted by Gasteiger charge is 2.25. The van der Waals surface area contributed by atoms with Gasteiger partial charge in [0.1, 0.15) is 9.83 Å². The predicted octanol–water partition coefficient (Wildman–Crippen LogP) is 5.83. The number of anilines is 1. The normalized spacial score (nSPS) is 13.0. The highest BCUT2D eigenvalue weighted by Crippen LogP contribution is 2.36. The molecule has 0 spiro atoms. The number of carbonyl (C=O) groups is 2. The first-order valence-electron chi connectivity index (χ1n) is 12.0. The molecule has 4 aromatic rings. The first-order valence-corrected chi connectivity index (χ1v) is 14.7. The number of thioether (sulfide) groups is 1. The summed E-state index contributed by atoms with van der Waals surface area (Å²) in [5.41, 5.74) is 3.94. The third kappa shape index (κ3) is 4.73. The smallest absolute Gasteiger partial charge is 0.341 e. The zero-order valence-electron chi connectivity index (χ0n) is 21.1. The van der Waals surface area contributed by atoms with Crippen molar-refractivity contribution < 1.29 is 14.3 Å². The number of thiophene rings is 2. The van der Waals surface area contributed by atoms with E-state index in [1.54, 1.807) is 15.9 Å². The van der Waals surface area contributed by atoms with Gasteiger partial charge in [0.25, 0.3) is 5.56 Å². The van der Waals surface area contributed by atoms with E-state index in [9.17, 15) is 14.4 Å². The topological polar surface area (TPSA) is 90.3 Å². The average Bonchev–Trinajstić information content (AvgIpc) is 3.39. The molecule has 3 heterocycles. The van der Waals surface area contributed by atoms with Crippen LogP contribution in [0.4, 0.5) is 5.00 Å². The molecule has 7 nitrogen and oxygen atoms in total. The number of benzene rings is 1. The van der Waals surface area contributed by atoms with E-state index in [2.05, 4.69) is 5.32 Å². The Balaban J connectivity index is 1.51. The molecule has 37 heavy (non-hydrogen) atoms. The van der Waals surface area contributed by atoms with Crippen molar-refractivity contribution in [1.82, 2.24) is 9.55 Å². The summed E-state index contributed by atoms with van der Waals surface area (Å²) < 4.78 is 6.56. The van der Waals surface area contributed by atoms with Crippen LogP contribution in [0.2, 0.25) is 0 Å². The van der Waals surface area contributed by atoms with Crippen LogP contribution in [-0.2, 0) is 22.4 Å². The fraction of sp³-hybridized carbons (Fsp3) is 0.333. The number of fused-ring (bicyclic) bond motifs is 3. The van der Waals surface area contributed by atoms with Crippen LogP contribution in [0.25, 0.3) is 15.9 Å². The van der Waals surface area contributed by atoms with Crippen molar-refractivity contribution in [2.24, 2.45) is 0 Å². The highest BCUT2D eigenvalue weighted by molar-refractivity contribution is 7.99. The number of ether oxygens (including phenoxy) is 1. The van der Waals surface area contributed by atoms with Crippen LogP contribution in [0.1, 0.15) is 49.6 Å². The van der Waals surface area contributed by atoms with Gasteiger partial charge in [-0.1, -0.05) is 30.0 Å². The number of para-hydroxylation sites is 1. The minimum atomic E-state index is -0.480. The van der Waals surface area contributed by atoms with Crippen LogP contribution < -0.4 is 10.9 Å². The summed E-state index contributed by atoms with van der Waals surface area (Å²) in [5.74, 6) is -0.731. The van der Waals surface area contributed by atoms with Crippen LogP contribution in [-0.4, -0.2) is 34.3 Å². The zero-order valence-corrected chi connectivity index (χ0v) is 23.5. The lowest BCUT2D eigenvalue weighted by Crippen LogP contribution is -2.24. The molecular weight excluding hydrogens is 527 g/mol. The number of methoxy groups -OCH3 is 1. The zero-order chi connectivity index (χ0) is 26.3. The maximum absolute atomic E-state index is 13.9. The Morgan fingerprint density at radius 3 is 2.65 bits per heavy atom. The number of carbonyl (C=O) groups excluding carboxylic acids is 2. The molecule has 1 amide bonds. The number of esters is 1. The summed E-state index contributed by atoms with van der Waals surface area (Å²) in [6, 6.07) is 7.71. The van der Waals surface area contributed by atoms with Gasteiger partial charge in [0.2, 0.25) is 5.91 Å².